The van der Waals surface area contributed by atoms with Crippen molar-refractivity contribution in [2.24, 2.45) is 5.41 Å². The molecule has 0 spiro atoms. The molecule has 0 bridgehead atoms. The number of carbonyl (C=O) groups is 1. The van der Waals surface area contributed by atoms with Crippen molar-refractivity contribution in [3.63, 3.8) is 0 Å². The molecular weight excluding hydrogens is 276 g/mol. The van der Waals surface area contributed by atoms with Gasteiger partial charge in [-0.1, -0.05) is 20.8 Å². The number of nitrogens with zero attached hydrogens (tertiary/aromatic N) is 1. The lowest BCUT2D eigenvalue weighted by atomic mass is 9.92. The first-order valence-corrected chi connectivity index (χ1v) is 8.05. The number of hydrogen-bond donors (Lipinski definition) is 1. The van der Waals surface area contributed by atoms with Crippen LogP contribution >= 0.6 is 0 Å². The van der Waals surface area contributed by atoms with Crippen LogP contribution in [0, 0.1) is 5.41 Å². The van der Waals surface area contributed by atoms with Crippen LogP contribution in [-0.2, 0) is 9.53 Å². The van der Waals surface area contributed by atoms with Gasteiger partial charge in [-0.3, -0.25) is 4.79 Å². The minimum atomic E-state index is 0.00964. The molecule has 22 heavy (non-hydrogen) atoms. The van der Waals surface area contributed by atoms with E-state index >= 15 is 0 Å². The third-order valence-corrected chi connectivity index (χ3v) is 3.98. The summed E-state index contributed by atoms with van der Waals surface area (Å²) in [7, 11) is 1.79. The number of benzene rings is 1. The predicted molar refractivity (Wildman–Crippen MR) is 91.4 cm³/mol. The molecule has 4 nitrogen and oxygen atoms in total. The molecule has 1 aliphatic rings. The fraction of sp³-hybridized carbons (Fsp3) is 0.611. The summed E-state index contributed by atoms with van der Waals surface area (Å²) in [5.41, 5.74) is 2.09. The number of nitrogens with one attached hydrogen (secondary N) is 1. The first kappa shape index (κ1) is 16.8. The minimum Gasteiger partial charge on any atom is -0.381 e. The number of amides is 1. The van der Waals surface area contributed by atoms with Crippen molar-refractivity contribution in [2.45, 2.75) is 46.1 Å². The van der Waals surface area contributed by atoms with Crippen molar-refractivity contribution < 1.29 is 9.53 Å². The molecule has 1 fully saturated rings. The standard InChI is InChI=1S/C18H28N2O2/c1-18(2,3)13-17(21)19-14-5-7-15(8-6-14)20-11-9-16(22-4)10-12-20/h5-8,16H,9-13H2,1-4H3,(H,19,21). The summed E-state index contributed by atoms with van der Waals surface area (Å²) >= 11 is 0. The Hall–Kier alpha value is -1.55. The summed E-state index contributed by atoms with van der Waals surface area (Å²) in [5.74, 6) is 0.0705. The van der Waals surface area contributed by atoms with Gasteiger partial charge in [0.1, 0.15) is 0 Å². The average molecular weight is 304 g/mol. The Morgan fingerprint density at radius 1 is 1.23 bits per heavy atom. The van der Waals surface area contributed by atoms with Crippen LogP contribution in [0.1, 0.15) is 40.0 Å². The largest absolute Gasteiger partial charge is 0.381 e. The number of hydrogen-bond acceptors (Lipinski definition) is 3. The Labute approximate surface area is 133 Å². The lowest BCUT2D eigenvalue weighted by molar-refractivity contribution is -0.117. The molecule has 1 saturated heterocycles. The highest BCUT2D eigenvalue weighted by molar-refractivity contribution is 5.91. The third-order valence-electron chi connectivity index (χ3n) is 3.98. The number of anilines is 2. The quantitative estimate of drug-likeness (QED) is 0.922. The van der Waals surface area contributed by atoms with E-state index in [0.29, 0.717) is 12.5 Å². The average Bonchev–Trinajstić information content (AvgIpc) is 2.46. The first-order valence-electron chi connectivity index (χ1n) is 8.05. The number of piperidine rings is 1. The Bertz CT molecular complexity index is 483. The van der Waals surface area contributed by atoms with Gasteiger partial charge >= 0.3 is 0 Å². The van der Waals surface area contributed by atoms with Crippen LogP contribution in [0.4, 0.5) is 11.4 Å². The Morgan fingerprint density at radius 3 is 2.32 bits per heavy atom. The number of methoxy groups -OCH3 is 1. The number of ether oxygens (including phenoxy) is 1. The van der Waals surface area contributed by atoms with Gasteiger partial charge in [0.25, 0.3) is 0 Å². The maximum absolute atomic E-state index is 11.9. The maximum Gasteiger partial charge on any atom is 0.224 e. The molecule has 122 valence electrons. The molecule has 0 atom stereocenters. The highest BCUT2D eigenvalue weighted by Crippen LogP contribution is 2.24. The first-order chi connectivity index (χ1) is 10.4. The van der Waals surface area contributed by atoms with Gasteiger partial charge in [-0.05, 0) is 42.5 Å². The van der Waals surface area contributed by atoms with Crippen LogP contribution in [0.25, 0.3) is 0 Å². The Morgan fingerprint density at radius 2 is 1.82 bits per heavy atom. The van der Waals surface area contributed by atoms with Crippen molar-refractivity contribution in [2.75, 3.05) is 30.4 Å². The van der Waals surface area contributed by atoms with E-state index in [1.54, 1.807) is 7.11 Å². The van der Waals surface area contributed by atoms with Crippen molar-refractivity contribution in [1.29, 1.82) is 0 Å². The molecule has 1 aliphatic heterocycles. The van der Waals surface area contributed by atoms with Crippen molar-refractivity contribution in [3.05, 3.63) is 24.3 Å². The molecule has 0 aliphatic carbocycles. The smallest absolute Gasteiger partial charge is 0.224 e. The summed E-state index contributed by atoms with van der Waals surface area (Å²) in [6, 6.07) is 8.14. The fourth-order valence-electron chi connectivity index (χ4n) is 2.79. The normalized spacial score (nSPS) is 16.6. The van der Waals surface area contributed by atoms with Gasteiger partial charge in [-0.2, -0.15) is 0 Å². The Kier molecular flexibility index (Phi) is 5.46. The maximum atomic E-state index is 11.9. The van der Waals surface area contributed by atoms with Gasteiger partial charge in [-0.15, -0.1) is 0 Å². The zero-order valence-corrected chi connectivity index (χ0v) is 14.2. The zero-order chi connectivity index (χ0) is 16.2. The van der Waals surface area contributed by atoms with Gasteiger partial charge in [0, 0.05) is 38.0 Å². The van der Waals surface area contributed by atoms with E-state index in [1.807, 2.05) is 12.1 Å². The van der Waals surface area contributed by atoms with E-state index < -0.39 is 0 Å². The molecule has 0 saturated carbocycles. The topological polar surface area (TPSA) is 41.6 Å². The second-order valence-electron chi connectivity index (χ2n) is 7.25. The SMILES string of the molecule is COC1CCN(c2ccc(NC(=O)CC(C)(C)C)cc2)CC1. The molecule has 1 heterocycles. The lowest BCUT2D eigenvalue weighted by Gasteiger charge is -2.33. The van der Waals surface area contributed by atoms with Crippen molar-refractivity contribution in [1.82, 2.24) is 0 Å². The molecular formula is C18H28N2O2. The van der Waals surface area contributed by atoms with E-state index in [-0.39, 0.29) is 11.3 Å². The van der Waals surface area contributed by atoms with Crippen molar-refractivity contribution >= 4 is 17.3 Å². The molecule has 1 amide bonds. The number of carbonyl (C=O) groups excluding carboxylic acids is 1. The Balaban J connectivity index is 1.89. The highest BCUT2D eigenvalue weighted by atomic mass is 16.5. The van der Waals surface area contributed by atoms with Gasteiger partial charge in [0.05, 0.1) is 6.10 Å². The molecule has 4 heteroatoms. The summed E-state index contributed by atoms with van der Waals surface area (Å²) in [5, 5.41) is 2.97. The van der Waals surface area contributed by atoms with Crippen LogP contribution in [0.15, 0.2) is 24.3 Å². The summed E-state index contributed by atoms with van der Waals surface area (Å²) in [6.45, 7) is 8.25. The molecule has 1 aromatic rings. The second kappa shape index (κ2) is 7.14. The third kappa shape index (κ3) is 5.02. The molecule has 0 unspecified atom stereocenters. The summed E-state index contributed by atoms with van der Waals surface area (Å²) in [4.78, 5) is 14.3. The predicted octanol–water partition coefficient (Wildman–Crippen LogP) is 3.68. The van der Waals surface area contributed by atoms with Gasteiger partial charge in [0.15, 0.2) is 0 Å². The lowest BCUT2D eigenvalue weighted by Crippen LogP contribution is -2.36. The van der Waals surface area contributed by atoms with E-state index in [0.717, 1.165) is 31.6 Å². The molecule has 0 aromatic heterocycles. The van der Waals surface area contributed by atoms with Gasteiger partial charge in [0.2, 0.25) is 5.91 Å². The van der Waals surface area contributed by atoms with Crippen LogP contribution < -0.4 is 10.2 Å². The van der Waals surface area contributed by atoms with Gasteiger partial charge in [-0.25, -0.2) is 0 Å². The summed E-state index contributed by atoms with van der Waals surface area (Å²) < 4.78 is 5.40. The van der Waals surface area contributed by atoms with E-state index in [9.17, 15) is 4.79 Å². The minimum absolute atomic E-state index is 0.00964. The van der Waals surface area contributed by atoms with Crippen LogP contribution in [0.2, 0.25) is 0 Å². The van der Waals surface area contributed by atoms with Crippen LogP contribution in [0.3, 0.4) is 0 Å². The monoisotopic (exact) mass is 304 g/mol. The highest BCUT2D eigenvalue weighted by Gasteiger charge is 2.19. The van der Waals surface area contributed by atoms with E-state index in [4.69, 9.17) is 4.74 Å². The second-order valence-corrected chi connectivity index (χ2v) is 7.25. The molecule has 1 aromatic carbocycles. The van der Waals surface area contributed by atoms with Crippen molar-refractivity contribution in [3.8, 4) is 0 Å². The van der Waals surface area contributed by atoms with Gasteiger partial charge < -0.3 is 15.0 Å². The molecule has 1 N–H and O–H groups in total. The van der Waals surface area contributed by atoms with Crippen LogP contribution in [0.5, 0.6) is 0 Å². The molecule has 2 rings (SSSR count). The van der Waals surface area contributed by atoms with Crippen LogP contribution in [-0.4, -0.2) is 32.2 Å². The molecule has 0 radical (unpaired) electrons. The van der Waals surface area contributed by atoms with E-state index in [2.05, 4.69) is 43.1 Å². The summed E-state index contributed by atoms with van der Waals surface area (Å²) in [6.07, 6.45) is 3.06. The number of rotatable bonds is 4. The zero-order valence-electron chi connectivity index (χ0n) is 14.2. The fourth-order valence-corrected chi connectivity index (χ4v) is 2.79. The van der Waals surface area contributed by atoms with E-state index in [1.165, 1.54) is 5.69 Å².